The van der Waals surface area contributed by atoms with E-state index in [2.05, 4.69) is 33.3 Å². The molecule has 0 saturated carbocycles. The number of anilines is 1. The highest BCUT2D eigenvalue weighted by molar-refractivity contribution is 5.79. The van der Waals surface area contributed by atoms with Gasteiger partial charge >= 0.3 is 0 Å². The van der Waals surface area contributed by atoms with Gasteiger partial charge in [-0.1, -0.05) is 32.0 Å². The number of carbonyl (C=O) groups excluding carboxylic acids is 1. The molecule has 0 bridgehead atoms. The number of rotatable bonds is 5. The van der Waals surface area contributed by atoms with Gasteiger partial charge in [0.15, 0.2) is 0 Å². The third kappa shape index (κ3) is 4.46. The summed E-state index contributed by atoms with van der Waals surface area (Å²) < 4.78 is 0. The van der Waals surface area contributed by atoms with Crippen LogP contribution in [0.15, 0.2) is 30.3 Å². The van der Waals surface area contributed by atoms with Crippen molar-refractivity contribution < 1.29 is 4.79 Å². The number of piperazine rings is 1. The summed E-state index contributed by atoms with van der Waals surface area (Å²) in [5, 5.41) is 12.2. The topological polar surface area (TPSA) is 59.4 Å². The van der Waals surface area contributed by atoms with Crippen LogP contribution in [0, 0.1) is 17.2 Å². The maximum absolute atomic E-state index is 12.2. The molecule has 23 heavy (non-hydrogen) atoms. The highest BCUT2D eigenvalue weighted by Crippen LogP contribution is 2.17. The minimum absolute atomic E-state index is 0.0732. The zero-order chi connectivity index (χ0) is 16.9. The molecule has 5 nitrogen and oxygen atoms in total. The molecule has 1 heterocycles. The number of para-hydroxylation sites is 1. The number of nitrogens with zero attached hydrogens (tertiary/aromatic N) is 3. The summed E-state index contributed by atoms with van der Waals surface area (Å²) in [5.41, 5.74) is 0.427. The van der Waals surface area contributed by atoms with Gasteiger partial charge in [0.25, 0.3) is 0 Å². The zero-order valence-corrected chi connectivity index (χ0v) is 14.2. The van der Waals surface area contributed by atoms with Gasteiger partial charge < -0.3 is 10.2 Å². The van der Waals surface area contributed by atoms with E-state index in [0.717, 1.165) is 26.2 Å². The minimum atomic E-state index is -0.803. The Labute approximate surface area is 138 Å². The number of amides is 1. The molecule has 0 unspecified atom stereocenters. The van der Waals surface area contributed by atoms with Crippen molar-refractivity contribution in [2.45, 2.75) is 26.3 Å². The van der Waals surface area contributed by atoms with E-state index in [1.807, 2.05) is 32.0 Å². The van der Waals surface area contributed by atoms with Gasteiger partial charge in [0.05, 0.1) is 12.6 Å². The van der Waals surface area contributed by atoms with Crippen molar-refractivity contribution >= 4 is 11.6 Å². The minimum Gasteiger partial charge on any atom is -0.369 e. The molecular weight excluding hydrogens is 288 g/mol. The highest BCUT2D eigenvalue weighted by Gasteiger charge is 2.30. The summed E-state index contributed by atoms with van der Waals surface area (Å²) in [6, 6.07) is 12.6. The van der Waals surface area contributed by atoms with E-state index in [1.54, 1.807) is 6.92 Å². The molecular formula is C18H26N4O. The lowest BCUT2D eigenvalue weighted by molar-refractivity contribution is -0.124. The third-order valence-corrected chi connectivity index (χ3v) is 4.65. The Balaban J connectivity index is 1.82. The molecule has 1 atom stereocenters. The second-order valence-electron chi connectivity index (χ2n) is 6.62. The average Bonchev–Trinajstić information content (AvgIpc) is 2.56. The Morgan fingerprint density at radius 3 is 2.39 bits per heavy atom. The van der Waals surface area contributed by atoms with Gasteiger partial charge in [-0.3, -0.25) is 9.69 Å². The van der Waals surface area contributed by atoms with Crippen molar-refractivity contribution in [3.05, 3.63) is 30.3 Å². The van der Waals surface area contributed by atoms with Crippen LogP contribution in [0.5, 0.6) is 0 Å². The van der Waals surface area contributed by atoms with Crippen LogP contribution in [-0.4, -0.2) is 49.1 Å². The van der Waals surface area contributed by atoms with Crippen molar-refractivity contribution in [3.8, 4) is 6.07 Å². The van der Waals surface area contributed by atoms with Gasteiger partial charge in [0.2, 0.25) is 5.91 Å². The lowest BCUT2D eigenvalue weighted by Crippen LogP contribution is -2.54. The average molecular weight is 314 g/mol. The molecule has 1 fully saturated rings. The molecule has 0 radical (unpaired) electrons. The number of hydrogen-bond acceptors (Lipinski definition) is 4. The van der Waals surface area contributed by atoms with Crippen molar-refractivity contribution in [3.63, 3.8) is 0 Å². The van der Waals surface area contributed by atoms with Crippen molar-refractivity contribution in [1.82, 2.24) is 10.2 Å². The highest BCUT2D eigenvalue weighted by atomic mass is 16.2. The molecule has 124 valence electrons. The first-order valence-electron chi connectivity index (χ1n) is 8.19. The van der Waals surface area contributed by atoms with E-state index < -0.39 is 5.54 Å². The van der Waals surface area contributed by atoms with Crippen LogP contribution >= 0.6 is 0 Å². The van der Waals surface area contributed by atoms with Gasteiger partial charge in [0, 0.05) is 31.9 Å². The van der Waals surface area contributed by atoms with Crippen LogP contribution < -0.4 is 10.2 Å². The molecule has 2 rings (SSSR count). The summed E-state index contributed by atoms with van der Waals surface area (Å²) in [7, 11) is 0. The fourth-order valence-corrected chi connectivity index (χ4v) is 2.64. The van der Waals surface area contributed by atoms with E-state index in [9.17, 15) is 10.1 Å². The Morgan fingerprint density at radius 2 is 1.87 bits per heavy atom. The van der Waals surface area contributed by atoms with Gasteiger partial charge in [-0.15, -0.1) is 0 Å². The smallest absolute Gasteiger partial charge is 0.235 e. The van der Waals surface area contributed by atoms with Crippen LogP contribution in [0.4, 0.5) is 5.69 Å². The number of benzene rings is 1. The lowest BCUT2D eigenvalue weighted by Gasteiger charge is -2.36. The maximum atomic E-state index is 12.2. The van der Waals surface area contributed by atoms with E-state index in [-0.39, 0.29) is 11.8 Å². The molecule has 1 amide bonds. The van der Waals surface area contributed by atoms with Crippen LogP contribution in [0.2, 0.25) is 0 Å². The van der Waals surface area contributed by atoms with Gasteiger partial charge in [-0.05, 0) is 25.0 Å². The maximum Gasteiger partial charge on any atom is 0.235 e. The molecule has 0 aliphatic carbocycles. The summed E-state index contributed by atoms with van der Waals surface area (Å²) in [6.07, 6.45) is 0. The summed E-state index contributed by atoms with van der Waals surface area (Å²) in [4.78, 5) is 16.7. The first-order valence-corrected chi connectivity index (χ1v) is 8.19. The van der Waals surface area contributed by atoms with E-state index >= 15 is 0 Å². The molecule has 5 heteroatoms. The first kappa shape index (κ1) is 17.3. The molecule has 1 N–H and O–H groups in total. The second-order valence-corrected chi connectivity index (χ2v) is 6.62. The Hall–Kier alpha value is -2.06. The molecule has 0 aromatic heterocycles. The van der Waals surface area contributed by atoms with Crippen molar-refractivity contribution in [2.75, 3.05) is 37.6 Å². The molecule has 1 saturated heterocycles. The summed E-state index contributed by atoms with van der Waals surface area (Å²) in [5.74, 6) is 0.00212. The molecule has 1 aliphatic rings. The van der Waals surface area contributed by atoms with Gasteiger partial charge in [0.1, 0.15) is 5.54 Å². The van der Waals surface area contributed by atoms with Crippen molar-refractivity contribution in [2.24, 2.45) is 5.92 Å². The summed E-state index contributed by atoms with van der Waals surface area (Å²) in [6.45, 7) is 9.56. The molecule has 1 aromatic rings. The number of nitriles is 1. The Morgan fingerprint density at radius 1 is 1.26 bits per heavy atom. The fraction of sp³-hybridized carbons (Fsp3) is 0.556. The van der Waals surface area contributed by atoms with Gasteiger partial charge in [-0.2, -0.15) is 5.26 Å². The van der Waals surface area contributed by atoms with Crippen LogP contribution in [-0.2, 0) is 4.79 Å². The van der Waals surface area contributed by atoms with Crippen LogP contribution in [0.25, 0.3) is 0 Å². The SMILES string of the molecule is CC(C)[C@](C)(C#N)NC(=O)CN1CCN(c2ccccc2)CC1. The second kappa shape index (κ2) is 7.47. The monoisotopic (exact) mass is 314 g/mol. The normalized spacial score (nSPS) is 18.3. The third-order valence-electron chi connectivity index (χ3n) is 4.65. The standard InChI is InChI=1S/C18H26N4O/c1-15(2)18(3,14-19)20-17(23)13-21-9-11-22(12-10-21)16-7-5-4-6-8-16/h4-8,15H,9-13H2,1-3H3,(H,20,23)/t18-/m0/s1. The molecule has 0 spiro atoms. The summed E-state index contributed by atoms with van der Waals surface area (Å²) >= 11 is 0. The number of hydrogen-bond donors (Lipinski definition) is 1. The van der Waals surface area contributed by atoms with Gasteiger partial charge in [-0.25, -0.2) is 0 Å². The number of nitrogens with one attached hydrogen (secondary N) is 1. The Kier molecular flexibility index (Phi) is 5.62. The largest absolute Gasteiger partial charge is 0.369 e. The zero-order valence-electron chi connectivity index (χ0n) is 14.2. The molecule has 1 aromatic carbocycles. The quantitative estimate of drug-likeness (QED) is 0.901. The van der Waals surface area contributed by atoms with Crippen LogP contribution in [0.3, 0.4) is 0 Å². The van der Waals surface area contributed by atoms with E-state index in [1.165, 1.54) is 5.69 Å². The Bertz CT molecular complexity index is 558. The van der Waals surface area contributed by atoms with Crippen LogP contribution in [0.1, 0.15) is 20.8 Å². The lowest BCUT2D eigenvalue weighted by atomic mass is 9.90. The van der Waals surface area contributed by atoms with Crippen molar-refractivity contribution in [1.29, 1.82) is 5.26 Å². The van der Waals surface area contributed by atoms with E-state index in [0.29, 0.717) is 6.54 Å². The first-order chi connectivity index (χ1) is 10.9. The predicted octanol–water partition coefficient (Wildman–Crippen LogP) is 1.86. The van der Waals surface area contributed by atoms with E-state index in [4.69, 9.17) is 0 Å². The fourth-order valence-electron chi connectivity index (χ4n) is 2.64. The predicted molar refractivity (Wildman–Crippen MR) is 92.1 cm³/mol. The molecule has 1 aliphatic heterocycles. The number of carbonyl (C=O) groups is 1.